The summed E-state index contributed by atoms with van der Waals surface area (Å²) in [6.45, 7) is 6.32. The van der Waals surface area contributed by atoms with Gasteiger partial charge in [0.05, 0.1) is 0 Å². The number of carbonyl (C=O) groups excluding carboxylic acids is 2. The lowest BCUT2D eigenvalue weighted by Gasteiger charge is -2.27. The van der Waals surface area contributed by atoms with E-state index in [0.29, 0.717) is 18.5 Å². The van der Waals surface area contributed by atoms with E-state index in [4.69, 9.17) is 0 Å². The van der Waals surface area contributed by atoms with Gasteiger partial charge in [-0.2, -0.15) is 0 Å². The van der Waals surface area contributed by atoms with Gasteiger partial charge in [0.2, 0.25) is 5.91 Å². The molecule has 138 valence electrons. The average molecular weight is 353 g/mol. The third-order valence-corrected chi connectivity index (χ3v) is 4.41. The number of likely N-dealkylation sites (N-methyl/N-ethyl adjacent to an activating group) is 1. The number of benzene rings is 1. The molecule has 5 heteroatoms. The molecule has 0 fully saturated rings. The molecule has 1 unspecified atom stereocenters. The predicted molar refractivity (Wildman–Crippen MR) is 103 cm³/mol. The van der Waals surface area contributed by atoms with Gasteiger partial charge in [-0.25, -0.2) is 0 Å². The number of nitrogens with zero attached hydrogens (tertiary/aromatic N) is 2. The van der Waals surface area contributed by atoms with Gasteiger partial charge in [-0.05, 0) is 36.6 Å². The van der Waals surface area contributed by atoms with Crippen LogP contribution in [0.1, 0.15) is 35.5 Å². The van der Waals surface area contributed by atoms with Crippen LogP contribution in [0.25, 0.3) is 0 Å². The minimum atomic E-state index is -0.559. The van der Waals surface area contributed by atoms with E-state index in [1.807, 2.05) is 57.2 Å². The number of amides is 2. The van der Waals surface area contributed by atoms with Crippen LogP contribution in [-0.4, -0.2) is 41.3 Å². The van der Waals surface area contributed by atoms with Gasteiger partial charge < -0.3 is 10.2 Å². The van der Waals surface area contributed by atoms with Gasteiger partial charge in [-0.3, -0.25) is 14.6 Å². The molecule has 0 radical (unpaired) electrons. The minimum absolute atomic E-state index is 0.00670. The molecule has 0 aliphatic rings. The van der Waals surface area contributed by atoms with E-state index in [2.05, 4.69) is 10.3 Å². The van der Waals surface area contributed by atoms with Gasteiger partial charge in [-0.1, -0.05) is 38.1 Å². The Kier molecular flexibility index (Phi) is 6.89. The first-order valence-corrected chi connectivity index (χ1v) is 8.91. The van der Waals surface area contributed by atoms with E-state index in [1.54, 1.807) is 24.2 Å². The summed E-state index contributed by atoms with van der Waals surface area (Å²) in [5, 5.41) is 2.91. The van der Waals surface area contributed by atoms with Crippen molar-refractivity contribution < 1.29 is 9.59 Å². The molecule has 0 saturated heterocycles. The Bertz CT molecular complexity index is 744. The van der Waals surface area contributed by atoms with Crippen molar-refractivity contribution in [1.82, 2.24) is 15.2 Å². The monoisotopic (exact) mass is 353 g/mol. The van der Waals surface area contributed by atoms with Crippen LogP contribution < -0.4 is 5.32 Å². The van der Waals surface area contributed by atoms with Crippen LogP contribution in [0.5, 0.6) is 0 Å². The predicted octanol–water partition coefficient (Wildman–Crippen LogP) is 2.85. The molecular weight excluding hydrogens is 326 g/mol. The first kappa shape index (κ1) is 19.6. The molecule has 5 nitrogen and oxygen atoms in total. The molecule has 0 aliphatic heterocycles. The van der Waals surface area contributed by atoms with Gasteiger partial charge in [-0.15, -0.1) is 0 Å². The summed E-state index contributed by atoms with van der Waals surface area (Å²) in [6.07, 6.45) is 2.43. The second-order valence-corrected chi connectivity index (χ2v) is 6.84. The maximum absolute atomic E-state index is 12.8. The molecule has 1 heterocycles. The van der Waals surface area contributed by atoms with Crippen LogP contribution >= 0.6 is 0 Å². The molecule has 2 amide bonds. The first-order chi connectivity index (χ1) is 12.4. The molecule has 1 N–H and O–H groups in total. The van der Waals surface area contributed by atoms with Crippen LogP contribution in [-0.2, 0) is 11.2 Å². The quantitative estimate of drug-likeness (QED) is 0.832. The third-order valence-electron chi connectivity index (χ3n) is 4.41. The fourth-order valence-corrected chi connectivity index (χ4v) is 2.74. The molecule has 2 aromatic rings. The molecular formula is C21H27N3O2. The van der Waals surface area contributed by atoms with Crippen molar-refractivity contribution in [2.75, 3.05) is 13.6 Å². The SMILES string of the molecule is Cc1ccccc1C(=O)NC(C(=O)N(C)CCc1ccccn1)C(C)C. The summed E-state index contributed by atoms with van der Waals surface area (Å²) in [7, 11) is 1.76. The Morgan fingerprint density at radius 3 is 2.42 bits per heavy atom. The van der Waals surface area contributed by atoms with E-state index in [9.17, 15) is 9.59 Å². The number of pyridine rings is 1. The van der Waals surface area contributed by atoms with Gasteiger partial charge in [0.15, 0.2) is 0 Å². The molecule has 0 bridgehead atoms. The minimum Gasteiger partial charge on any atom is -0.344 e. The summed E-state index contributed by atoms with van der Waals surface area (Å²) < 4.78 is 0. The molecule has 2 rings (SSSR count). The van der Waals surface area contributed by atoms with Crippen molar-refractivity contribution in [1.29, 1.82) is 0 Å². The van der Waals surface area contributed by atoms with Crippen LogP contribution in [0.4, 0.5) is 0 Å². The highest BCUT2D eigenvalue weighted by atomic mass is 16.2. The summed E-state index contributed by atoms with van der Waals surface area (Å²) >= 11 is 0. The molecule has 1 atom stereocenters. The summed E-state index contributed by atoms with van der Waals surface area (Å²) in [6, 6.07) is 12.6. The number of carbonyl (C=O) groups is 2. The lowest BCUT2D eigenvalue weighted by Crippen LogP contribution is -2.50. The number of rotatable bonds is 7. The second-order valence-electron chi connectivity index (χ2n) is 6.84. The Hall–Kier alpha value is -2.69. The third kappa shape index (κ3) is 5.15. The first-order valence-electron chi connectivity index (χ1n) is 8.91. The fourth-order valence-electron chi connectivity index (χ4n) is 2.74. The maximum atomic E-state index is 12.8. The van der Waals surface area contributed by atoms with Crippen LogP contribution in [0.2, 0.25) is 0 Å². The number of aromatic nitrogens is 1. The van der Waals surface area contributed by atoms with E-state index in [-0.39, 0.29) is 17.7 Å². The zero-order valence-corrected chi connectivity index (χ0v) is 15.9. The molecule has 1 aromatic carbocycles. The van der Waals surface area contributed by atoms with Crippen molar-refractivity contribution in [3.05, 3.63) is 65.5 Å². The van der Waals surface area contributed by atoms with Gasteiger partial charge in [0.25, 0.3) is 5.91 Å². The average Bonchev–Trinajstić information content (AvgIpc) is 2.64. The van der Waals surface area contributed by atoms with E-state index in [0.717, 1.165) is 11.3 Å². The van der Waals surface area contributed by atoms with E-state index >= 15 is 0 Å². The highest BCUT2D eigenvalue weighted by molar-refractivity contribution is 5.98. The number of nitrogens with one attached hydrogen (secondary N) is 1. The zero-order chi connectivity index (χ0) is 19.1. The highest BCUT2D eigenvalue weighted by Gasteiger charge is 2.27. The van der Waals surface area contributed by atoms with Gasteiger partial charge in [0.1, 0.15) is 6.04 Å². The van der Waals surface area contributed by atoms with Crippen LogP contribution in [0, 0.1) is 12.8 Å². The van der Waals surface area contributed by atoms with E-state index < -0.39 is 6.04 Å². The van der Waals surface area contributed by atoms with Crippen molar-refractivity contribution >= 4 is 11.8 Å². The second kappa shape index (κ2) is 9.13. The standard InChI is InChI=1S/C21H27N3O2/c1-15(2)19(23-20(25)18-11-6-5-9-16(18)3)21(26)24(4)14-12-17-10-7-8-13-22-17/h5-11,13,15,19H,12,14H2,1-4H3,(H,23,25). The van der Waals surface area contributed by atoms with Crippen molar-refractivity contribution in [2.24, 2.45) is 5.92 Å². The topological polar surface area (TPSA) is 62.3 Å². The molecule has 0 saturated carbocycles. The Labute approximate surface area is 155 Å². The number of hydrogen-bond donors (Lipinski definition) is 1. The molecule has 1 aromatic heterocycles. The number of aryl methyl sites for hydroxylation is 1. The summed E-state index contributed by atoms with van der Waals surface area (Å²) in [5.41, 5.74) is 2.43. The summed E-state index contributed by atoms with van der Waals surface area (Å²) in [4.78, 5) is 31.4. The van der Waals surface area contributed by atoms with Crippen molar-refractivity contribution in [3.8, 4) is 0 Å². The van der Waals surface area contributed by atoms with Crippen LogP contribution in [0.15, 0.2) is 48.7 Å². The molecule has 0 aliphatic carbocycles. The zero-order valence-electron chi connectivity index (χ0n) is 15.9. The Balaban J connectivity index is 2.02. The lowest BCUT2D eigenvalue weighted by molar-refractivity contribution is -0.133. The number of hydrogen-bond acceptors (Lipinski definition) is 3. The van der Waals surface area contributed by atoms with Crippen molar-refractivity contribution in [3.63, 3.8) is 0 Å². The largest absolute Gasteiger partial charge is 0.344 e. The molecule has 0 spiro atoms. The van der Waals surface area contributed by atoms with E-state index in [1.165, 1.54) is 0 Å². The highest BCUT2D eigenvalue weighted by Crippen LogP contribution is 2.11. The molecule has 26 heavy (non-hydrogen) atoms. The lowest BCUT2D eigenvalue weighted by atomic mass is 10.0. The van der Waals surface area contributed by atoms with Crippen LogP contribution in [0.3, 0.4) is 0 Å². The fraction of sp³-hybridized carbons (Fsp3) is 0.381. The Morgan fingerprint density at radius 1 is 1.12 bits per heavy atom. The maximum Gasteiger partial charge on any atom is 0.252 e. The van der Waals surface area contributed by atoms with Crippen molar-refractivity contribution in [2.45, 2.75) is 33.2 Å². The van der Waals surface area contributed by atoms with Gasteiger partial charge in [0, 0.05) is 37.5 Å². The normalized spacial score (nSPS) is 11.9. The smallest absolute Gasteiger partial charge is 0.252 e. The summed E-state index contributed by atoms with van der Waals surface area (Å²) in [5.74, 6) is -0.307. The van der Waals surface area contributed by atoms with Gasteiger partial charge >= 0.3 is 0 Å². The Morgan fingerprint density at radius 2 is 1.81 bits per heavy atom.